The Morgan fingerprint density at radius 2 is 1.97 bits per heavy atom. The van der Waals surface area contributed by atoms with Gasteiger partial charge in [0.25, 0.3) is 0 Å². The lowest BCUT2D eigenvalue weighted by Gasteiger charge is -2.33. The van der Waals surface area contributed by atoms with Crippen molar-refractivity contribution in [3.8, 4) is 0 Å². The molecular formula is C23H29F2N7. The fraction of sp³-hybridized carbons (Fsp3) is 0.435. The lowest BCUT2D eigenvalue weighted by atomic mass is 10.0. The van der Waals surface area contributed by atoms with E-state index in [2.05, 4.69) is 30.7 Å². The van der Waals surface area contributed by atoms with Crippen molar-refractivity contribution in [2.45, 2.75) is 38.3 Å². The van der Waals surface area contributed by atoms with Gasteiger partial charge in [-0.2, -0.15) is 0 Å². The van der Waals surface area contributed by atoms with Gasteiger partial charge in [-0.3, -0.25) is 14.3 Å². The van der Waals surface area contributed by atoms with E-state index in [0.717, 1.165) is 68.3 Å². The van der Waals surface area contributed by atoms with Crippen LogP contribution < -0.4 is 10.6 Å². The molecule has 2 aromatic heterocycles. The Labute approximate surface area is 186 Å². The number of likely N-dealkylation sites (tertiary alicyclic amines) is 1. The van der Waals surface area contributed by atoms with Gasteiger partial charge in [-0.25, -0.2) is 8.78 Å². The zero-order valence-corrected chi connectivity index (χ0v) is 18.3. The van der Waals surface area contributed by atoms with E-state index in [9.17, 15) is 8.78 Å². The summed E-state index contributed by atoms with van der Waals surface area (Å²) in [6.07, 6.45) is 5.67. The maximum atomic E-state index is 13.4. The van der Waals surface area contributed by atoms with Crippen LogP contribution >= 0.6 is 0 Å². The maximum Gasteiger partial charge on any atom is 0.191 e. The molecule has 0 spiro atoms. The quantitative estimate of drug-likeness (QED) is 0.335. The third-order valence-electron chi connectivity index (χ3n) is 5.80. The molecule has 1 fully saturated rings. The molecule has 2 N–H and O–H groups in total. The molecule has 0 unspecified atom stereocenters. The number of guanidine groups is 1. The fourth-order valence-corrected chi connectivity index (χ4v) is 4.03. The van der Waals surface area contributed by atoms with Crippen LogP contribution in [0.2, 0.25) is 0 Å². The van der Waals surface area contributed by atoms with Crippen LogP contribution in [-0.4, -0.2) is 58.2 Å². The summed E-state index contributed by atoms with van der Waals surface area (Å²) in [6, 6.07) is 10.3. The first-order valence-corrected chi connectivity index (χ1v) is 11.0. The first kappa shape index (κ1) is 22.1. The minimum absolute atomic E-state index is 0.336. The molecule has 0 atom stereocenters. The molecule has 1 saturated heterocycles. The number of aliphatic imine (C=N–C) groups is 1. The molecule has 3 aromatic rings. The highest BCUT2D eigenvalue weighted by molar-refractivity contribution is 5.79. The first-order valence-electron chi connectivity index (χ1n) is 11.0. The lowest BCUT2D eigenvalue weighted by Crippen LogP contribution is -2.48. The second-order valence-electron chi connectivity index (χ2n) is 8.09. The minimum atomic E-state index is -0.801. The molecule has 1 aromatic carbocycles. The SMILES string of the molecule is CN=C(NCCCc1nnc2ccccn12)NC1CCN(Cc2ccc(F)c(F)c2)CC1. The number of hydrogen-bond donors (Lipinski definition) is 2. The monoisotopic (exact) mass is 441 g/mol. The van der Waals surface area contributed by atoms with Gasteiger partial charge in [-0.05, 0) is 49.1 Å². The number of nitrogens with one attached hydrogen (secondary N) is 2. The molecule has 0 saturated carbocycles. The Morgan fingerprint density at radius 3 is 2.75 bits per heavy atom. The van der Waals surface area contributed by atoms with Gasteiger partial charge in [-0.1, -0.05) is 12.1 Å². The Hall–Kier alpha value is -3.07. The van der Waals surface area contributed by atoms with Crippen molar-refractivity contribution in [3.05, 3.63) is 65.6 Å². The summed E-state index contributed by atoms with van der Waals surface area (Å²) >= 11 is 0. The van der Waals surface area contributed by atoms with Crippen LogP contribution in [0.5, 0.6) is 0 Å². The molecular weight excluding hydrogens is 412 g/mol. The fourth-order valence-electron chi connectivity index (χ4n) is 4.03. The predicted molar refractivity (Wildman–Crippen MR) is 120 cm³/mol. The molecule has 0 amide bonds. The van der Waals surface area contributed by atoms with Crippen LogP contribution in [0.1, 0.15) is 30.7 Å². The summed E-state index contributed by atoms with van der Waals surface area (Å²) in [6.45, 7) is 3.21. The van der Waals surface area contributed by atoms with Gasteiger partial charge in [0.1, 0.15) is 5.82 Å². The largest absolute Gasteiger partial charge is 0.356 e. The number of benzene rings is 1. The molecule has 1 aliphatic rings. The zero-order valence-electron chi connectivity index (χ0n) is 18.3. The molecule has 1 aliphatic heterocycles. The highest BCUT2D eigenvalue weighted by atomic mass is 19.2. The number of hydrogen-bond acceptors (Lipinski definition) is 4. The van der Waals surface area contributed by atoms with E-state index in [1.165, 1.54) is 12.1 Å². The van der Waals surface area contributed by atoms with Crippen LogP contribution in [0.15, 0.2) is 47.6 Å². The van der Waals surface area contributed by atoms with E-state index in [-0.39, 0.29) is 0 Å². The summed E-state index contributed by atoms with van der Waals surface area (Å²) < 4.78 is 28.5. The molecule has 7 nitrogen and oxygen atoms in total. The van der Waals surface area contributed by atoms with Gasteiger partial charge in [0.2, 0.25) is 0 Å². The number of nitrogens with zero attached hydrogens (tertiary/aromatic N) is 5. The van der Waals surface area contributed by atoms with Gasteiger partial charge in [-0.15, -0.1) is 10.2 Å². The first-order chi connectivity index (χ1) is 15.6. The molecule has 4 rings (SSSR count). The van der Waals surface area contributed by atoms with E-state index in [4.69, 9.17) is 0 Å². The highest BCUT2D eigenvalue weighted by Crippen LogP contribution is 2.16. The summed E-state index contributed by atoms with van der Waals surface area (Å²) in [5.74, 6) is 0.172. The van der Waals surface area contributed by atoms with Crippen molar-refractivity contribution in [1.82, 2.24) is 30.1 Å². The minimum Gasteiger partial charge on any atom is -0.356 e. The van der Waals surface area contributed by atoms with E-state index < -0.39 is 11.6 Å². The predicted octanol–water partition coefficient (Wildman–Crippen LogP) is 2.77. The molecule has 170 valence electrons. The van der Waals surface area contributed by atoms with Gasteiger partial charge in [0, 0.05) is 51.9 Å². The third kappa shape index (κ3) is 5.59. The summed E-state index contributed by atoms with van der Waals surface area (Å²) in [4.78, 5) is 6.61. The topological polar surface area (TPSA) is 69.8 Å². The zero-order chi connectivity index (χ0) is 22.3. The van der Waals surface area contributed by atoms with Crippen LogP contribution in [0, 0.1) is 11.6 Å². The Morgan fingerprint density at radius 1 is 1.12 bits per heavy atom. The molecule has 9 heteroatoms. The summed E-state index contributed by atoms with van der Waals surface area (Å²) in [5, 5.41) is 15.3. The Balaban J connectivity index is 1.17. The van der Waals surface area contributed by atoms with Crippen molar-refractivity contribution in [2.75, 3.05) is 26.7 Å². The number of rotatable bonds is 7. The number of halogens is 2. The van der Waals surface area contributed by atoms with Crippen molar-refractivity contribution >= 4 is 11.6 Å². The lowest BCUT2D eigenvalue weighted by molar-refractivity contribution is 0.198. The van der Waals surface area contributed by atoms with E-state index >= 15 is 0 Å². The number of aromatic nitrogens is 3. The van der Waals surface area contributed by atoms with Crippen molar-refractivity contribution in [2.24, 2.45) is 4.99 Å². The van der Waals surface area contributed by atoms with Crippen molar-refractivity contribution in [3.63, 3.8) is 0 Å². The number of aryl methyl sites for hydroxylation is 1. The van der Waals surface area contributed by atoms with Crippen LogP contribution in [-0.2, 0) is 13.0 Å². The normalized spacial score (nSPS) is 15.9. The standard InChI is InChI=1S/C23H29F2N7/c1-26-23(27-11-4-6-22-30-29-21-5-2-3-12-32(21)22)28-18-9-13-31(14-10-18)16-17-7-8-19(24)20(25)15-17/h2-3,5,7-8,12,15,18H,4,6,9-11,13-14,16H2,1H3,(H2,26,27,28). The van der Waals surface area contributed by atoms with Crippen LogP contribution in [0.25, 0.3) is 5.65 Å². The van der Waals surface area contributed by atoms with Crippen molar-refractivity contribution < 1.29 is 8.78 Å². The summed E-state index contributed by atoms with van der Waals surface area (Å²) in [5.41, 5.74) is 1.66. The second kappa shape index (κ2) is 10.5. The second-order valence-corrected chi connectivity index (χ2v) is 8.09. The molecule has 3 heterocycles. The van der Waals surface area contributed by atoms with Gasteiger partial charge in [0.15, 0.2) is 23.2 Å². The Bertz CT molecular complexity index is 1060. The van der Waals surface area contributed by atoms with Gasteiger partial charge < -0.3 is 10.6 Å². The number of piperidine rings is 1. The molecule has 0 bridgehead atoms. The van der Waals surface area contributed by atoms with E-state index in [1.807, 2.05) is 28.8 Å². The average Bonchev–Trinajstić information content (AvgIpc) is 3.22. The van der Waals surface area contributed by atoms with Crippen LogP contribution in [0.3, 0.4) is 0 Å². The number of fused-ring (bicyclic) bond motifs is 1. The van der Waals surface area contributed by atoms with Gasteiger partial charge >= 0.3 is 0 Å². The van der Waals surface area contributed by atoms with Crippen molar-refractivity contribution in [1.29, 1.82) is 0 Å². The highest BCUT2D eigenvalue weighted by Gasteiger charge is 2.20. The maximum absolute atomic E-state index is 13.4. The molecule has 0 radical (unpaired) electrons. The summed E-state index contributed by atoms with van der Waals surface area (Å²) in [7, 11) is 1.78. The molecule has 32 heavy (non-hydrogen) atoms. The smallest absolute Gasteiger partial charge is 0.191 e. The number of pyridine rings is 1. The average molecular weight is 442 g/mol. The molecule has 0 aliphatic carbocycles. The van der Waals surface area contributed by atoms with E-state index in [1.54, 1.807) is 13.1 Å². The third-order valence-corrected chi connectivity index (χ3v) is 5.80. The van der Waals surface area contributed by atoms with Crippen LogP contribution in [0.4, 0.5) is 8.78 Å². The van der Waals surface area contributed by atoms with E-state index in [0.29, 0.717) is 12.6 Å². The van der Waals surface area contributed by atoms with Gasteiger partial charge in [0.05, 0.1) is 0 Å². The Kier molecular flexibility index (Phi) is 7.26.